The second-order valence-corrected chi connectivity index (χ2v) is 10.3. The van der Waals surface area contributed by atoms with Crippen molar-refractivity contribution in [3.8, 4) is 0 Å². The van der Waals surface area contributed by atoms with Gasteiger partial charge in [0.05, 0.1) is 12.2 Å². The van der Waals surface area contributed by atoms with Gasteiger partial charge in [0.2, 0.25) is 0 Å². The molecule has 3 heterocycles. The van der Waals surface area contributed by atoms with E-state index in [-0.39, 0.29) is 12.2 Å². The van der Waals surface area contributed by atoms with Crippen LogP contribution in [0.1, 0.15) is 42.2 Å². The van der Waals surface area contributed by atoms with Gasteiger partial charge in [-0.25, -0.2) is 4.79 Å². The first kappa shape index (κ1) is 25.5. The molecule has 0 aliphatic carbocycles. The van der Waals surface area contributed by atoms with Gasteiger partial charge in [-0.2, -0.15) is 0 Å². The lowest BCUT2D eigenvalue weighted by Crippen LogP contribution is -2.39. The summed E-state index contributed by atoms with van der Waals surface area (Å²) in [6.45, 7) is 3.82. The summed E-state index contributed by atoms with van der Waals surface area (Å²) in [5.74, 6) is -0.875. The zero-order chi connectivity index (χ0) is 27.0. The Bertz CT molecular complexity index is 1440. The van der Waals surface area contributed by atoms with Crippen LogP contribution in [0.2, 0.25) is 0 Å². The summed E-state index contributed by atoms with van der Waals surface area (Å²) in [7, 11) is 0. The highest BCUT2D eigenvalue weighted by atomic mass is 16.8. The third kappa shape index (κ3) is 4.66. The minimum absolute atomic E-state index is 0.150. The quantitative estimate of drug-likeness (QED) is 0.353. The molecule has 2 aliphatic heterocycles. The molecule has 2 fully saturated rings. The number of aromatic nitrogens is 2. The SMILES string of the molecule is CC1(C)O[C@@H]2[C@H](O1)[C@@H](COC(c1ccccc1)(c1ccccc1)c1ccccc1)O[C@H]2c1c[nH]c(=O)[nH]c1=O. The molecule has 1 aromatic heterocycles. The van der Waals surface area contributed by atoms with Gasteiger partial charge in [-0.3, -0.25) is 9.78 Å². The molecule has 0 amide bonds. The molecule has 3 aromatic carbocycles. The highest BCUT2D eigenvalue weighted by Crippen LogP contribution is 2.46. The highest BCUT2D eigenvalue weighted by Gasteiger charge is 2.56. The van der Waals surface area contributed by atoms with Gasteiger partial charge in [0.25, 0.3) is 5.56 Å². The molecule has 2 saturated heterocycles. The minimum Gasteiger partial charge on any atom is -0.362 e. The Morgan fingerprint density at radius 3 is 1.82 bits per heavy atom. The van der Waals surface area contributed by atoms with Crippen molar-refractivity contribution in [3.05, 3.63) is 140 Å². The predicted molar refractivity (Wildman–Crippen MR) is 144 cm³/mol. The average Bonchev–Trinajstić information content (AvgIpc) is 3.44. The molecule has 6 rings (SSSR count). The highest BCUT2D eigenvalue weighted by molar-refractivity contribution is 5.47. The molecule has 0 bridgehead atoms. The summed E-state index contributed by atoms with van der Waals surface area (Å²) in [5, 5.41) is 0. The number of hydrogen-bond acceptors (Lipinski definition) is 6. The van der Waals surface area contributed by atoms with Gasteiger partial charge in [0.1, 0.15) is 30.0 Å². The van der Waals surface area contributed by atoms with Gasteiger partial charge < -0.3 is 23.9 Å². The monoisotopic (exact) mass is 526 g/mol. The summed E-state index contributed by atoms with van der Waals surface area (Å²) in [4.78, 5) is 29.1. The standard InChI is InChI=1S/C31H30N2O6/c1-30(2)38-26-24(37-25(27(26)39-30)23-18-32-29(35)33-28(23)34)19-36-31(20-12-6-3-7-13-20,21-14-8-4-9-15-21)22-16-10-5-11-17-22/h3-18,24-27H,19H2,1-2H3,(H2,32,33,34,35)/t24-,25+,26-,27+/m1/s1. The van der Waals surface area contributed by atoms with Crippen LogP contribution in [0.5, 0.6) is 0 Å². The lowest BCUT2D eigenvalue weighted by Gasteiger charge is -2.37. The summed E-state index contributed by atoms with van der Waals surface area (Å²) in [5.41, 5.74) is 1.13. The first-order valence-electron chi connectivity index (χ1n) is 13.0. The van der Waals surface area contributed by atoms with Gasteiger partial charge in [-0.1, -0.05) is 91.0 Å². The smallest absolute Gasteiger partial charge is 0.325 e. The van der Waals surface area contributed by atoms with Crippen LogP contribution in [-0.2, 0) is 24.5 Å². The van der Waals surface area contributed by atoms with Gasteiger partial charge in [0, 0.05) is 6.20 Å². The maximum absolute atomic E-state index is 12.7. The molecule has 4 atom stereocenters. The fourth-order valence-electron chi connectivity index (χ4n) is 5.67. The van der Waals surface area contributed by atoms with Crippen molar-refractivity contribution in [1.29, 1.82) is 0 Å². The first-order chi connectivity index (χ1) is 18.9. The lowest BCUT2D eigenvalue weighted by molar-refractivity contribution is -0.196. The van der Waals surface area contributed by atoms with Crippen LogP contribution in [0.25, 0.3) is 0 Å². The van der Waals surface area contributed by atoms with Crippen LogP contribution in [0.3, 0.4) is 0 Å². The Morgan fingerprint density at radius 1 is 0.795 bits per heavy atom. The number of fused-ring (bicyclic) bond motifs is 1. The molecular formula is C31H30N2O6. The zero-order valence-corrected chi connectivity index (χ0v) is 21.7. The molecule has 0 saturated carbocycles. The Morgan fingerprint density at radius 2 is 1.31 bits per heavy atom. The fraction of sp³-hybridized carbons (Fsp3) is 0.290. The van der Waals surface area contributed by atoms with E-state index in [9.17, 15) is 9.59 Å². The van der Waals surface area contributed by atoms with E-state index in [1.54, 1.807) is 0 Å². The van der Waals surface area contributed by atoms with E-state index < -0.39 is 47.1 Å². The molecule has 8 heteroatoms. The molecule has 2 N–H and O–H groups in total. The number of hydrogen-bond donors (Lipinski definition) is 2. The zero-order valence-electron chi connectivity index (χ0n) is 21.7. The number of aromatic amines is 2. The number of rotatable bonds is 7. The van der Waals surface area contributed by atoms with E-state index in [4.69, 9.17) is 18.9 Å². The maximum Gasteiger partial charge on any atom is 0.325 e. The van der Waals surface area contributed by atoms with E-state index >= 15 is 0 Å². The normalized spacial score (nSPS) is 23.9. The van der Waals surface area contributed by atoms with Crippen molar-refractivity contribution in [3.63, 3.8) is 0 Å². The molecule has 2 aliphatic rings. The van der Waals surface area contributed by atoms with Crippen molar-refractivity contribution in [2.45, 2.75) is 49.7 Å². The number of H-pyrrole nitrogens is 2. The Kier molecular flexibility index (Phi) is 6.56. The molecule has 4 aromatic rings. The lowest BCUT2D eigenvalue weighted by atomic mass is 9.80. The predicted octanol–water partition coefficient (Wildman–Crippen LogP) is 4.03. The van der Waals surface area contributed by atoms with Gasteiger partial charge in [0.15, 0.2) is 5.79 Å². The Labute approximate surface area is 225 Å². The van der Waals surface area contributed by atoms with Crippen LogP contribution in [0, 0.1) is 0 Å². The second kappa shape index (κ2) is 10.1. The van der Waals surface area contributed by atoms with Crippen molar-refractivity contribution < 1.29 is 18.9 Å². The van der Waals surface area contributed by atoms with Crippen LogP contribution in [0.15, 0.2) is 107 Å². The number of nitrogens with one attached hydrogen (secondary N) is 2. The third-order valence-corrected chi connectivity index (χ3v) is 7.31. The summed E-state index contributed by atoms with van der Waals surface area (Å²) in [6.07, 6.45) is -0.964. The Balaban J connectivity index is 1.40. The molecule has 0 unspecified atom stereocenters. The number of ether oxygens (including phenoxy) is 4. The fourth-order valence-corrected chi connectivity index (χ4v) is 5.67. The summed E-state index contributed by atoms with van der Waals surface area (Å²) in [6, 6.07) is 30.2. The molecule has 39 heavy (non-hydrogen) atoms. The summed E-state index contributed by atoms with van der Waals surface area (Å²) < 4.78 is 25.9. The van der Waals surface area contributed by atoms with E-state index in [2.05, 4.69) is 46.4 Å². The number of benzene rings is 3. The largest absolute Gasteiger partial charge is 0.362 e. The van der Waals surface area contributed by atoms with Crippen molar-refractivity contribution in [1.82, 2.24) is 9.97 Å². The minimum atomic E-state index is -0.939. The molecule has 0 radical (unpaired) electrons. The van der Waals surface area contributed by atoms with Crippen LogP contribution >= 0.6 is 0 Å². The van der Waals surface area contributed by atoms with Crippen molar-refractivity contribution in [2.75, 3.05) is 6.61 Å². The van der Waals surface area contributed by atoms with Gasteiger partial charge in [-0.05, 0) is 30.5 Å². The topological polar surface area (TPSA) is 103 Å². The molecular weight excluding hydrogens is 496 g/mol. The second-order valence-electron chi connectivity index (χ2n) is 10.3. The van der Waals surface area contributed by atoms with Gasteiger partial charge >= 0.3 is 5.69 Å². The third-order valence-electron chi connectivity index (χ3n) is 7.31. The van der Waals surface area contributed by atoms with E-state index in [1.165, 1.54) is 6.20 Å². The van der Waals surface area contributed by atoms with E-state index in [0.29, 0.717) is 0 Å². The first-order valence-corrected chi connectivity index (χ1v) is 13.0. The average molecular weight is 527 g/mol. The van der Waals surface area contributed by atoms with E-state index in [1.807, 2.05) is 68.4 Å². The molecule has 8 nitrogen and oxygen atoms in total. The summed E-state index contributed by atoms with van der Waals surface area (Å²) >= 11 is 0. The van der Waals surface area contributed by atoms with E-state index in [0.717, 1.165) is 16.7 Å². The van der Waals surface area contributed by atoms with Crippen molar-refractivity contribution in [2.24, 2.45) is 0 Å². The van der Waals surface area contributed by atoms with Crippen molar-refractivity contribution >= 4 is 0 Å². The van der Waals surface area contributed by atoms with Crippen LogP contribution < -0.4 is 11.2 Å². The molecule has 0 spiro atoms. The maximum atomic E-state index is 12.7. The molecule has 200 valence electrons. The van der Waals surface area contributed by atoms with Gasteiger partial charge in [-0.15, -0.1) is 0 Å². The van der Waals surface area contributed by atoms with Crippen LogP contribution in [-0.4, -0.2) is 40.7 Å². The Hall–Kier alpha value is -3.82. The van der Waals surface area contributed by atoms with Crippen LogP contribution in [0.4, 0.5) is 0 Å².